The predicted molar refractivity (Wildman–Crippen MR) is 92.2 cm³/mol. The molecule has 2 aliphatic rings. The average Bonchev–Trinajstić information content (AvgIpc) is 2.63. The molecule has 0 spiro atoms. The Kier molecular flexibility index (Phi) is 4.35. The van der Waals surface area contributed by atoms with Gasteiger partial charge in [0.25, 0.3) is 0 Å². The van der Waals surface area contributed by atoms with Crippen LogP contribution in [0, 0.1) is 0 Å². The van der Waals surface area contributed by atoms with E-state index in [-0.39, 0.29) is 0 Å². The van der Waals surface area contributed by atoms with E-state index in [1.165, 1.54) is 36.9 Å². The summed E-state index contributed by atoms with van der Waals surface area (Å²) in [4.78, 5) is 9.51. The molecule has 23 heavy (non-hydrogen) atoms. The first-order valence-corrected chi connectivity index (χ1v) is 8.78. The Morgan fingerprint density at radius 1 is 1.04 bits per heavy atom. The summed E-state index contributed by atoms with van der Waals surface area (Å²) in [7, 11) is 0. The number of aromatic nitrogens is 2. The first-order chi connectivity index (χ1) is 11.4. The smallest absolute Gasteiger partial charge is 0.159 e. The highest BCUT2D eigenvalue weighted by Gasteiger charge is 2.25. The minimum absolute atomic E-state index is 0.423. The van der Waals surface area contributed by atoms with Gasteiger partial charge >= 0.3 is 0 Å². The number of nitrogens with one attached hydrogen (secondary N) is 2. The summed E-state index contributed by atoms with van der Waals surface area (Å²) >= 11 is 0. The molecule has 1 saturated heterocycles. The second-order valence-corrected chi connectivity index (χ2v) is 6.60. The molecule has 0 radical (unpaired) electrons. The van der Waals surface area contributed by atoms with Crippen molar-refractivity contribution in [3.63, 3.8) is 0 Å². The molecule has 120 valence electrons. The fraction of sp³-hybridized carbons (Fsp3) is 0.474. The van der Waals surface area contributed by atoms with Crippen molar-refractivity contribution >= 4 is 0 Å². The van der Waals surface area contributed by atoms with Gasteiger partial charge < -0.3 is 10.6 Å². The van der Waals surface area contributed by atoms with Crippen molar-refractivity contribution in [1.82, 2.24) is 20.6 Å². The fourth-order valence-electron chi connectivity index (χ4n) is 3.72. The first kappa shape index (κ1) is 14.8. The van der Waals surface area contributed by atoms with Gasteiger partial charge in [-0.3, -0.25) is 0 Å². The SMILES string of the molecule is c1ccc(-c2ncc3c(n2)CCCC3NC2CCNCC2)cc1. The van der Waals surface area contributed by atoms with Crippen LogP contribution >= 0.6 is 0 Å². The second kappa shape index (κ2) is 6.77. The topological polar surface area (TPSA) is 49.8 Å². The molecule has 4 rings (SSSR count). The third-order valence-corrected chi connectivity index (χ3v) is 4.99. The summed E-state index contributed by atoms with van der Waals surface area (Å²) in [6.07, 6.45) is 7.97. The van der Waals surface area contributed by atoms with E-state index < -0.39 is 0 Å². The summed E-state index contributed by atoms with van der Waals surface area (Å²) in [6.45, 7) is 2.25. The van der Waals surface area contributed by atoms with Crippen molar-refractivity contribution in [2.75, 3.05) is 13.1 Å². The quantitative estimate of drug-likeness (QED) is 0.915. The molecule has 0 amide bonds. The molecule has 0 saturated carbocycles. The molecule has 1 aromatic heterocycles. The van der Waals surface area contributed by atoms with Gasteiger partial charge in [0.05, 0.1) is 0 Å². The van der Waals surface area contributed by atoms with Gasteiger partial charge in [0, 0.05) is 35.1 Å². The van der Waals surface area contributed by atoms with E-state index in [0.29, 0.717) is 12.1 Å². The van der Waals surface area contributed by atoms with E-state index in [2.05, 4.69) is 33.9 Å². The van der Waals surface area contributed by atoms with E-state index in [0.717, 1.165) is 30.9 Å². The molecule has 1 aliphatic carbocycles. The van der Waals surface area contributed by atoms with Crippen LogP contribution in [0.15, 0.2) is 36.5 Å². The Morgan fingerprint density at radius 3 is 2.70 bits per heavy atom. The van der Waals surface area contributed by atoms with Crippen LogP contribution in [-0.2, 0) is 6.42 Å². The van der Waals surface area contributed by atoms with Crippen LogP contribution in [0.4, 0.5) is 0 Å². The standard InChI is InChI=1S/C19H24N4/c1-2-5-14(6-3-1)19-21-13-16-17(7-4-8-18(16)23-19)22-15-9-11-20-12-10-15/h1-3,5-6,13,15,17,20,22H,4,7-12H2. The van der Waals surface area contributed by atoms with Crippen molar-refractivity contribution in [3.05, 3.63) is 47.8 Å². The molecular formula is C19H24N4. The maximum atomic E-state index is 4.86. The van der Waals surface area contributed by atoms with Crippen molar-refractivity contribution < 1.29 is 0 Å². The lowest BCUT2D eigenvalue weighted by atomic mass is 9.90. The number of aryl methyl sites for hydroxylation is 1. The van der Waals surface area contributed by atoms with Crippen molar-refractivity contribution in [2.45, 2.75) is 44.2 Å². The third kappa shape index (κ3) is 3.28. The second-order valence-electron chi connectivity index (χ2n) is 6.60. The average molecular weight is 308 g/mol. The van der Waals surface area contributed by atoms with E-state index in [9.17, 15) is 0 Å². The van der Waals surface area contributed by atoms with Gasteiger partial charge in [-0.2, -0.15) is 0 Å². The summed E-state index contributed by atoms with van der Waals surface area (Å²) in [6, 6.07) is 11.3. The minimum Gasteiger partial charge on any atom is -0.317 e. The zero-order valence-electron chi connectivity index (χ0n) is 13.5. The lowest BCUT2D eigenvalue weighted by Crippen LogP contribution is -2.42. The zero-order valence-corrected chi connectivity index (χ0v) is 13.5. The van der Waals surface area contributed by atoms with Crippen molar-refractivity contribution in [1.29, 1.82) is 0 Å². The van der Waals surface area contributed by atoms with Crippen molar-refractivity contribution in [2.24, 2.45) is 0 Å². The van der Waals surface area contributed by atoms with E-state index in [1.54, 1.807) is 0 Å². The molecule has 4 heteroatoms. The highest BCUT2D eigenvalue weighted by Crippen LogP contribution is 2.30. The maximum absolute atomic E-state index is 4.86. The molecule has 4 nitrogen and oxygen atoms in total. The van der Waals surface area contributed by atoms with Gasteiger partial charge in [0.15, 0.2) is 5.82 Å². The van der Waals surface area contributed by atoms with Crippen LogP contribution in [0.2, 0.25) is 0 Å². The number of hydrogen-bond acceptors (Lipinski definition) is 4. The fourth-order valence-corrected chi connectivity index (χ4v) is 3.72. The Morgan fingerprint density at radius 2 is 1.87 bits per heavy atom. The Bertz CT molecular complexity index is 650. The van der Waals surface area contributed by atoms with Crippen LogP contribution in [0.5, 0.6) is 0 Å². The summed E-state index contributed by atoms with van der Waals surface area (Å²) in [5, 5.41) is 7.29. The molecule has 1 fully saturated rings. The molecule has 1 aromatic carbocycles. The molecule has 2 heterocycles. The van der Waals surface area contributed by atoms with Crippen molar-refractivity contribution in [3.8, 4) is 11.4 Å². The molecular weight excluding hydrogens is 284 g/mol. The molecule has 1 aliphatic heterocycles. The molecule has 0 bridgehead atoms. The van der Waals surface area contributed by atoms with E-state index >= 15 is 0 Å². The van der Waals surface area contributed by atoms with E-state index in [1.807, 2.05) is 18.2 Å². The Labute approximate surface area is 137 Å². The van der Waals surface area contributed by atoms with Crippen LogP contribution in [0.25, 0.3) is 11.4 Å². The molecule has 2 N–H and O–H groups in total. The maximum Gasteiger partial charge on any atom is 0.159 e. The predicted octanol–water partition coefficient (Wildman–Crippen LogP) is 2.86. The number of benzene rings is 1. The lowest BCUT2D eigenvalue weighted by molar-refractivity contribution is 0.329. The summed E-state index contributed by atoms with van der Waals surface area (Å²) < 4.78 is 0. The van der Waals surface area contributed by atoms with E-state index in [4.69, 9.17) is 4.98 Å². The highest BCUT2D eigenvalue weighted by molar-refractivity contribution is 5.55. The number of fused-ring (bicyclic) bond motifs is 1. The van der Waals surface area contributed by atoms with Gasteiger partial charge in [-0.15, -0.1) is 0 Å². The molecule has 1 unspecified atom stereocenters. The van der Waals surface area contributed by atoms with Gasteiger partial charge in [-0.05, 0) is 45.2 Å². The Hall–Kier alpha value is -1.78. The highest BCUT2D eigenvalue weighted by atomic mass is 15.0. The van der Waals surface area contributed by atoms with Crippen LogP contribution in [-0.4, -0.2) is 29.1 Å². The summed E-state index contributed by atoms with van der Waals surface area (Å²) in [5.41, 5.74) is 3.65. The van der Waals surface area contributed by atoms with Crippen LogP contribution in [0.1, 0.15) is 43.0 Å². The van der Waals surface area contributed by atoms with Crippen LogP contribution < -0.4 is 10.6 Å². The minimum atomic E-state index is 0.423. The third-order valence-electron chi connectivity index (χ3n) is 4.99. The molecule has 1 atom stereocenters. The lowest BCUT2D eigenvalue weighted by Gasteiger charge is -2.32. The van der Waals surface area contributed by atoms with Gasteiger partial charge in [-0.1, -0.05) is 30.3 Å². The largest absolute Gasteiger partial charge is 0.317 e. The number of nitrogens with zero attached hydrogens (tertiary/aromatic N) is 2. The number of piperidine rings is 1. The van der Waals surface area contributed by atoms with Gasteiger partial charge in [0.1, 0.15) is 0 Å². The van der Waals surface area contributed by atoms with Crippen LogP contribution in [0.3, 0.4) is 0 Å². The zero-order chi connectivity index (χ0) is 15.5. The monoisotopic (exact) mass is 308 g/mol. The molecule has 2 aromatic rings. The van der Waals surface area contributed by atoms with Gasteiger partial charge in [0.2, 0.25) is 0 Å². The Balaban J connectivity index is 1.56. The van der Waals surface area contributed by atoms with Gasteiger partial charge in [-0.25, -0.2) is 9.97 Å². The number of hydrogen-bond donors (Lipinski definition) is 2. The number of rotatable bonds is 3. The summed E-state index contributed by atoms with van der Waals surface area (Å²) in [5.74, 6) is 0.854. The normalized spacial score (nSPS) is 21.8. The first-order valence-electron chi connectivity index (χ1n) is 8.78.